The van der Waals surface area contributed by atoms with Crippen molar-refractivity contribution in [2.75, 3.05) is 36.4 Å². The molecule has 4 aromatic rings. The number of rotatable bonds is 11. The largest absolute Gasteiger partial charge is 0.358 e. The van der Waals surface area contributed by atoms with E-state index in [2.05, 4.69) is 53.6 Å². The van der Waals surface area contributed by atoms with Gasteiger partial charge < -0.3 is 15.4 Å². The van der Waals surface area contributed by atoms with Crippen molar-refractivity contribution in [3.8, 4) is 11.1 Å². The molecule has 2 heterocycles. The maximum absolute atomic E-state index is 13.8. The fraction of sp³-hybridized carbons (Fsp3) is 0.394. The highest BCUT2D eigenvalue weighted by Crippen LogP contribution is 2.36. The summed E-state index contributed by atoms with van der Waals surface area (Å²) in [5, 5.41) is 14.9. The standard InChI is InChI=1S/C33H42N6O3S/c1-22-30(23(2)39(37-22)21-42-19-20-43(4,5)6)25-11-14-26(15-12-25)35-33(41)31(36-32(40)29-17-18-34-38(29)3)28-16-13-24-9-7-8-10-27(24)28/h7-12,14-15,17-18,28,31H,13,16,19-21H2,1-6H3,(H,35,41)(H,36,40)/t28-,31-/m0/s1. The number of ether oxygens (including phenoxy) is 1. The first-order chi connectivity index (χ1) is 20.5. The molecule has 0 radical (unpaired) electrons. The Morgan fingerprint density at radius 1 is 1.07 bits per heavy atom. The number of aryl methyl sites for hydroxylation is 3. The van der Waals surface area contributed by atoms with Crippen LogP contribution in [0.3, 0.4) is 0 Å². The topological polar surface area (TPSA) is 103 Å². The molecule has 10 heteroatoms. The van der Waals surface area contributed by atoms with E-state index in [9.17, 15) is 9.59 Å². The first-order valence-corrected chi connectivity index (χ1v) is 17.6. The molecule has 0 saturated carbocycles. The van der Waals surface area contributed by atoms with E-state index in [1.165, 1.54) is 10.2 Å². The van der Waals surface area contributed by atoms with E-state index >= 15 is 0 Å². The molecule has 0 unspecified atom stereocenters. The molecule has 228 valence electrons. The second-order valence-electron chi connectivity index (χ2n) is 12.1. The van der Waals surface area contributed by atoms with E-state index in [-0.39, 0.29) is 17.7 Å². The molecule has 1 aliphatic rings. The molecule has 1 aliphatic carbocycles. The van der Waals surface area contributed by atoms with Crippen LogP contribution in [0.15, 0.2) is 60.8 Å². The van der Waals surface area contributed by atoms with Crippen LogP contribution in [0, 0.1) is 13.8 Å². The molecule has 43 heavy (non-hydrogen) atoms. The van der Waals surface area contributed by atoms with Gasteiger partial charge in [-0.05, 0) is 80.3 Å². The lowest BCUT2D eigenvalue weighted by atomic mass is 9.92. The molecule has 0 bridgehead atoms. The quantitative estimate of drug-likeness (QED) is 0.234. The van der Waals surface area contributed by atoms with Crippen molar-refractivity contribution in [3.63, 3.8) is 0 Å². The molecule has 0 saturated heterocycles. The number of nitrogens with one attached hydrogen (secondary N) is 2. The number of carbonyl (C=O) groups is 2. The Kier molecular flexibility index (Phi) is 9.08. The summed E-state index contributed by atoms with van der Waals surface area (Å²) in [6, 6.07) is 16.8. The number of aromatic nitrogens is 4. The minimum Gasteiger partial charge on any atom is -0.358 e. The molecule has 2 aromatic heterocycles. The Labute approximate surface area is 255 Å². The molecule has 0 spiro atoms. The van der Waals surface area contributed by atoms with Crippen LogP contribution < -0.4 is 10.6 Å². The Morgan fingerprint density at radius 3 is 2.51 bits per heavy atom. The summed E-state index contributed by atoms with van der Waals surface area (Å²) < 4.78 is 9.35. The van der Waals surface area contributed by atoms with Crippen molar-refractivity contribution in [1.82, 2.24) is 24.9 Å². The van der Waals surface area contributed by atoms with Gasteiger partial charge in [0.15, 0.2) is 0 Å². The van der Waals surface area contributed by atoms with Gasteiger partial charge in [0.1, 0.15) is 18.5 Å². The number of anilines is 1. The van der Waals surface area contributed by atoms with Crippen LogP contribution in [0.5, 0.6) is 0 Å². The number of carbonyl (C=O) groups excluding carboxylic acids is 2. The van der Waals surface area contributed by atoms with E-state index in [1.807, 2.05) is 48.0 Å². The summed E-state index contributed by atoms with van der Waals surface area (Å²) in [6.45, 7) is 5.20. The molecular formula is C33H42N6O3S. The van der Waals surface area contributed by atoms with Crippen LogP contribution >= 0.6 is 10.0 Å². The van der Waals surface area contributed by atoms with Crippen LogP contribution in [0.1, 0.15) is 45.3 Å². The Hall–Kier alpha value is -3.89. The third kappa shape index (κ3) is 7.02. The minimum atomic E-state index is -0.742. The van der Waals surface area contributed by atoms with Gasteiger partial charge in [0, 0.05) is 41.9 Å². The van der Waals surface area contributed by atoms with Gasteiger partial charge in [-0.3, -0.25) is 14.3 Å². The van der Waals surface area contributed by atoms with Crippen molar-refractivity contribution < 1.29 is 14.3 Å². The van der Waals surface area contributed by atoms with E-state index in [1.54, 1.807) is 19.3 Å². The van der Waals surface area contributed by atoms with Crippen LogP contribution in [-0.2, 0) is 29.7 Å². The van der Waals surface area contributed by atoms with Crippen LogP contribution in [0.4, 0.5) is 5.69 Å². The summed E-state index contributed by atoms with van der Waals surface area (Å²) in [7, 11) is 1.11. The number of fused-ring (bicyclic) bond motifs is 1. The Morgan fingerprint density at radius 2 is 1.81 bits per heavy atom. The van der Waals surface area contributed by atoms with Gasteiger partial charge in [0.05, 0.1) is 12.3 Å². The van der Waals surface area contributed by atoms with E-state index in [4.69, 9.17) is 9.84 Å². The number of hydrogen-bond acceptors (Lipinski definition) is 5. The van der Waals surface area contributed by atoms with Crippen molar-refractivity contribution in [2.45, 2.75) is 45.4 Å². The SMILES string of the molecule is Cc1nn(COCCS(C)(C)C)c(C)c1-c1ccc(NC(=O)[C@@H](NC(=O)c2ccnn2C)[C@H]2CCc3ccccc32)cc1. The lowest BCUT2D eigenvalue weighted by Crippen LogP contribution is -2.47. The highest BCUT2D eigenvalue weighted by Gasteiger charge is 2.36. The van der Waals surface area contributed by atoms with Crippen LogP contribution in [0.2, 0.25) is 0 Å². The fourth-order valence-corrected chi connectivity index (χ4v) is 6.36. The van der Waals surface area contributed by atoms with Gasteiger partial charge in [-0.25, -0.2) is 14.7 Å². The zero-order chi connectivity index (χ0) is 30.7. The Bertz CT molecular complexity index is 1600. The molecule has 2 aromatic carbocycles. The highest BCUT2D eigenvalue weighted by molar-refractivity contribution is 8.32. The van der Waals surface area contributed by atoms with Crippen molar-refractivity contribution in [2.24, 2.45) is 7.05 Å². The fourth-order valence-electron chi connectivity index (χ4n) is 5.74. The van der Waals surface area contributed by atoms with Gasteiger partial charge in [-0.2, -0.15) is 10.2 Å². The molecule has 0 fully saturated rings. The summed E-state index contributed by atoms with van der Waals surface area (Å²) in [6.07, 6.45) is 10.1. The van der Waals surface area contributed by atoms with E-state index in [0.717, 1.165) is 53.3 Å². The second kappa shape index (κ2) is 12.8. The number of hydrogen-bond donors (Lipinski definition) is 2. The average molecular weight is 603 g/mol. The van der Waals surface area contributed by atoms with Crippen LogP contribution in [-0.4, -0.2) is 68.5 Å². The van der Waals surface area contributed by atoms with Crippen molar-refractivity contribution >= 4 is 27.5 Å². The van der Waals surface area contributed by atoms with Gasteiger partial charge >= 0.3 is 0 Å². The smallest absolute Gasteiger partial charge is 0.270 e. The van der Waals surface area contributed by atoms with Gasteiger partial charge in [-0.15, -0.1) is 0 Å². The lowest BCUT2D eigenvalue weighted by molar-refractivity contribution is -0.118. The van der Waals surface area contributed by atoms with Gasteiger partial charge in [0.25, 0.3) is 5.91 Å². The third-order valence-corrected chi connectivity index (χ3v) is 9.47. The second-order valence-corrected chi connectivity index (χ2v) is 16.7. The van der Waals surface area contributed by atoms with E-state index < -0.39 is 16.1 Å². The third-order valence-electron chi connectivity index (χ3n) is 8.08. The molecule has 5 rings (SSSR count). The average Bonchev–Trinajstić information content (AvgIpc) is 3.66. The molecule has 0 aliphatic heterocycles. The lowest BCUT2D eigenvalue weighted by Gasteiger charge is -2.25. The first kappa shape index (κ1) is 30.6. The summed E-state index contributed by atoms with van der Waals surface area (Å²) in [4.78, 5) is 27.0. The molecule has 9 nitrogen and oxygen atoms in total. The van der Waals surface area contributed by atoms with Crippen molar-refractivity contribution in [3.05, 3.63) is 89.0 Å². The van der Waals surface area contributed by atoms with Gasteiger partial charge in [0.2, 0.25) is 5.91 Å². The normalized spacial score (nSPS) is 15.6. The summed E-state index contributed by atoms with van der Waals surface area (Å²) >= 11 is 0. The van der Waals surface area contributed by atoms with Crippen molar-refractivity contribution in [1.29, 1.82) is 0 Å². The molecule has 2 N–H and O–H groups in total. The predicted octanol–water partition coefficient (Wildman–Crippen LogP) is 5.04. The number of nitrogens with zero attached hydrogens (tertiary/aromatic N) is 4. The minimum absolute atomic E-state index is 0.129. The van der Waals surface area contributed by atoms with Gasteiger partial charge in [-0.1, -0.05) is 36.4 Å². The zero-order valence-corrected chi connectivity index (χ0v) is 26.7. The number of amides is 2. The van der Waals surface area contributed by atoms with E-state index in [0.29, 0.717) is 18.1 Å². The molecule has 2 amide bonds. The summed E-state index contributed by atoms with van der Waals surface area (Å²) in [5.41, 5.74) is 7.44. The highest BCUT2D eigenvalue weighted by atomic mass is 32.3. The first-order valence-electron chi connectivity index (χ1n) is 14.6. The number of benzene rings is 2. The molecule has 2 atom stereocenters. The predicted molar refractivity (Wildman–Crippen MR) is 174 cm³/mol. The monoisotopic (exact) mass is 602 g/mol. The maximum Gasteiger partial charge on any atom is 0.270 e. The summed E-state index contributed by atoms with van der Waals surface area (Å²) in [5.74, 6) is 0.356. The Balaban J connectivity index is 1.31. The molecular weight excluding hydrogens is 560 g/mol. The maximum atomic E-state index is 13.8. The van der Waals surface area contributed by atoms with Crippen LogP contribution in [0.25, 0.3) is 11.1 Å². The zero-order valence-electron chi connectivity index (χ0n) is 25.9.